The third kappa shape index (κ3) is 2.97. The molecule has 106 valence electrons. The van der Waals surface area contributed by atoms with Crippen molar-refractivity contribution >= 4 is 28.5 Å². The number of carbonyl (C=O) groups is 2. The van der Waals surface area contributed by atoms with Gasteiger partial charge in [0.2, 0.25) is 0 Å². The van der Waals surface area contributed by atoms with E-state index >= 15 is 0 Å². The average molecular weight is 276 g/mol. The first-order valence-electron chi connectivity index (χ1n) is 6.15. The second-order valence-electron chi connectivity index (χ2n) is 4.48. The van der Waals surface area contributed by atoms with Crippen molar-refractivity contribution in [3.05, 3.63) is 30.5 Å². The summed E-state index contributed by atoms with van der Waals surface area (Å²) in [5.74, 6) is -1.12. The number of aromatic nitrogens is 1. The Bertz CT molecular complexity index is 648. The summed E-state index contributed by atoms with van der Waals surface area (Å²) in [6.07, 6.45) is 1.18. The normalized spacial score (nSPS) is 12.3. The summed E-state index contributed by atoms with van der Waals surface area (Å²) in [5, 5.41) is 12.4. The second kappa shape index (κ2) is 5.75. The zero-order valence-electron chi connectivity index (χ0n) is 11.3. The van der Waals surface area contributed by atoms with E-state index in [2.05, 4.69) is 5.32 Å². The average Bonchev–Trinajstić information content (AvgIpc) is 2.79. The number of fused-ring (bicyclic) bond motifs is 1. The Morgan fingerprint density at radius 1 is 1.40 bits per heavy atom. The van der Waals surface area contributed by atoms with Gasteiger partial charge in [-0.1, -0.05) is 0 Å². The van der Waals surface area contributed by atoms with Crippen molar-refractivity contribution in [2.24, 2.45) is 0 Å². The van der Waals surface area contributed by atoms with E-state index in [4.69, 9.17) is 9.84 Å². The molecule has 0 aliphatic heterocycles. The summed E-state index contributed by atoms with van der Waals surface area (Å²) >= 11 is 0. The summed E-state index contributed by atoms with van der Waals surface area (Å²) in [4.78, 5) is 22.5. The largest absolute Gasteiger partial charge is 0.480 e. The number of amides is 1. The number of nitrogens with one attached hydrogen (secondary N) is 1. The SMILES string of the molecule is COC(C)C(=O)Nc1ccc2c(ccn2CC(=O)O)c1. The lowest BCUT2D eigenvalue weighted by Crippen LogP contribution is -2.26. The number of anilines is 1. The third-order valence-electron chi connectivity index (χ3n) is 3.07. The standard InChI is InChI=1S/C14H16N2O4/c1-9(20-2)14(19)15-11-3-4-12-10(7-11)5-6-16(12)8-13(17)18/h3-7,9H,8H2,1-2H3,(H,15,19)(H,17,18). The molecule has 0 spiro atoms. The van der Waals surface area contributed by atoms with Gasteiger partial charge in [0.15, 0.2) is 0 Å². The van der Waals surface area contributed by atoms with Gasteiger partial charge in [-0.2, -0.15) is 0 Å². The number of ether oxygens (including phenoxy) is 1. The maximum Gasteiger partial charge on any atom is 0.323 e. The molecule has 20 heavy (non-hydrogen) atoms. The fourth-order valence-corrected chi connectivity index (χ4v) is 1.91. The van der Waals surface area contributed by atoms with Gasteiger partial charge in [-0.15, -0.1) is 0 Å². The van der Waals surface area contributed by atoms with E-state index in [0.717, 1.165) is 10.9 Å². The number of hydrogen-bond donors (Lipinski definition) is 2. The van der Waals surface area contributed by atoms with Crippen LogP contribution in [0.1, 0.15) is 6.92 Å². The quantitative estimate of drug-likeness (QED) is 0.871. The number of carboxylic acid groups (broad SMARTS) is 1. The van der Waals surface area contributed by atoms with E-state index < -0.39 is 12.1 Å². The number of aliphatic carboxylic acids is 1. The molecule has 6 heteroatoms. The third-order valence-corrected chi connectivity index (χ3v) is 3.07. The predicted molar refractivity (Wildman–Crippen MR) is 74.7 cm³/mol. The highest BCUT2D eigenvalue weighted by molar-refractivity contribution is 5.96. The van der Waals surface area contributed by atoms with Crippen LogP contribution in [-0.4, -0.2) is 34.8 Å². The van der Waals surface area contributed by atoms with Gasteiger partial charge in [-0.3, -0.25) is 9.59 Å². The highest BCUT2D eigenvalue weighted by Gasteiger charge is 2.12. The van der Waals surface area contributed by atoms with Crippen molar-refractivity contribution in [1.82, 2.24) is 4.57 Å². The van der Waals surface area contributed by atoms with Gasteiger partial charge >= 0.3 is 5.97 Å². The number of methoxy groups -OCH3 is 1. The van der Waals surface area contributed by atoms with E-state index in [9.17, 15) is 9.59 Å². The fourth-order valence-electron chi connectivity index (χ4n) is 1.91. The van der Waals surface area contributed by atoms with E-state index in [1.54, 1.807) is 35.9 Å². The lowest BCUT2D eigenvalue weighted by Gasteiger charge is -2.10. The molecule has 0 bridgehead atoms. The molecule has 1 heterocycles. The summed E-state index contributed by atoms with van der Waals surface area (Å²) in [7, 11) is 1.47. The monoisotopic (exact) mass is 276 g/mol. The van der Waals surface area contributed by atoms with Gasteiger partial charge < -0.3 is 19.7 Å². The first-order valence-corrected chi connectivity index (χ1v) is 6.15. The fraction of sp³-hybridized carbons (Fsp3) is 0.286. The van der Waals surface area contributed by atoms with Crippen LogP contribution in [0.15, 0.2) is 30.5 Å². The molecule has 0 aliphatic carbocycles. The lowest BCUT2D eigenvalue weighted by molar-refractivity contribution is -0.137. The Balaban J connectivity index is 2.22. The summed E-state index contributed by atoms with van der Waals surface area (Å²) in [6.45, 7) is 1.58. The number of rotatable bonds is 5. The molecular weight excluding hydrogens is 260 g/mol. The topological polar surface area (TPSA) is 80.6 Å². The molecule has 1 amide bonds. The van der Waals surface area contributed by atoms with E-state index in [1.165, 1.54) is 7.11 Å². The highest BCUT2D eigenvalue weighted by Crippen LogP contribution is 2.20. The Morgan fingerprint density at radius 2 is 2.15 bits per heavy atom. The summed E-state index contributed by atoms with van der Waals surface area (Å²) in [6, 6.07) is 7.13. The van der Waals surface area contributed by atoms with Crippen LogP contribution >= 0.6 is 0 Å². The van der Waals surface area contributed by atoms with E-state index in [0.29, 0.717) is 5.69 Å². The van der Waals surface area contributed by atoms with E-state index in [-0.39, 0.29) is 12.5 Å². The van der Waals surface area contributed by atoms with Crippen LogP contribution in [0.5, 0.6) is 0 Å². The predicted octanol–water partition coefficient (Wildman–Crippen LogP) is 1.70. The second-order valence-corrected chi connectivity index (χ2v) is 4.48. The Kier molecular flexibility index (Phi) is 4.05. The molecule has 0 saturated carbocycles. The van der Waals surface area contributed by atoms with Crippen LogP contribution < -0.4 is 5.32 Å². The van der Waals surface area contributed by atoms with E-state index in [1.807, 2.05) is 6.07 Å². The van der Waals surface area contributed by atoms with Gasteiger partial charge in [0.05, 0.1) is 0 Å². The number of nitrogens with zero attached hydrogens (tertiary/aromatic N) is 1. The van der Waals surface area contributed by atoms with Gasteiger partial charge in [0, 0.05) is 29.9 Å². The highest BCUT2D eigenvalue weighted by atomic mass is 16.5. The molecule has 1 aromatic carbocycles. The number of carboxylic acids is 1. The summed E-state index contributed by atoms with van der Waals surface area (Å²) < 4.78 is 6.58. The zero-order chi connectivity index (χ0) is 14.7. The van der Waals surface area contributed by atoms with Gasteiger partial charge in [0.25, 0.3) is 5.91 Å². The molecule has 0 fully saturated rings. The van der Waals surface area contributed by atoms with Crippen LogP contribution in [-0.2, 0) is 20.9 Å². The minimum absolute atomic E-state index is 0.0874. The van der Waals surface area contributed by atoms with Crippen molar-refractivity contribution < 1.29 is 19.4 Å². The Hall–Kier alpha value is -2.34. The minimum Gasteiger partial charge on any atom is -0.480 e. The molecule has 2 N–H and O–H groups in total. The maximum atomic E-state index is 11.7. The summed E-state index contributed by atoms with van der Waals surface area (Å²) in [5.41, 5.74) is 1.46. The lowest BCUT2D eigenvalue weighted by atomic mass is 10.2. The van der Waals surface area contributed by atoms with Crippen molar-refractivity contribution in [2.75, 3.05) is 12.4 Å². The van der Waals surface area contributed by atoms with Crippen molar-refractivity contribution in [3.8, 4) is 0 Å². The molecule has 2 rings (SSSR count). The van der Waals surface area contributed by atoms with Crippen LogP contribution in [0.2, 0.25) is 0 Å². The number of hydrogen-bond acceptors (Lipinski definition) is 3. The molecule has 0 saturated heterocycles. The first-order chi connectivity index (χ1) is 9.51. The number of benzene rings is 1. The maximum absolute atomic E-state index is 11.7. The van der Waals surface area contributed by atoms with Crippen LogP contribution in [0.3, 0.4) is 0 Å². The zero-order valence-corrected chi connectivity index (χ0v) is 11.3. The van der Waals surface area contributed by atoms with Crippen LogP contribution in [0, 0.1) is 0 Å². The van der Waals surface area contributed by atoms with Gasteiger partial charge in [0.1, 0.15) is 12.6 Å². The van der Waals surface area contributed by atoms with Crippen LogP contribution in [0.4, 0.5) is 5.69 Å². The van der Waals surface area contributed by atoms with Crippen molar-refractivity contribution in [1.29, 1.82) is 0 Å². The van der Waals surface area contributed by atoms with Crippen molar-refractivity contribution in [3.63, 3.8) is 0 Å². The molecule has 1 atom stereocenters. The molecule has 1 unspecified atom stereocenters. The molecule has 0 aliphatic rings. The first kappa shape index (κ1) is 14.1. The molecule has 1 aromatic heterocycles. The molecule has 0 radical (unpaired) electrons. The van der Waals surface area contributed by atoms with Crippen LogP contribution in [0.25, 0.3) is 10.9 Å². The minimum atomic E-state index is -0.895. The number of carbonyl (C=O) groups excluding carboxylic acids is 1. The van der Waals surface area contributed by atoms with Gasteiger partial charge in [-0.05, 0) is 31.2 Å². The molecule has 2 aromatic rings. The molecular formula is C14H16N2O4. The molecule has 6 nitrogen and oxygen atoms in total. The van der Waals surface area contributed by atoms with Gasteiger partial charge in [-0.25, -0.2) is 0 Å². The Labute approximate surface area is 116 Å². The Morgan fingerprint density at radius 3 is 2.80 bits per heavy atom. The van der Waals surface area contributed by atoms with Crippen molar-refractivity contribution in [2.45, 2.75) is 19.6 Å². The smallest absolute Gasteiger partial charge is 0.323 e.